The Balaban J connectivity index is 1.57. The maximum atomic E-state index is 13.6. The minimum absolute atomic E-state index is 0.256. The van der Waals surface area contributed by atoms with Crippen molar-refractivity contribution in [1.29, 1.82) is 0 Å². The van der Waals surface area contributed by atoms with Gasteiger partial charge in [-0.25, -0.2) is 4.98 Å². The number of aryl methyl sites for hydroxylation is 1. The van der Waals surface area contributed by atoms with E-state index in [9.17, 15) is 4.79 Å². The maximum Gasteiger partial charge on any atom is 0.280 e. The summed E-state index contributed by atoms with van der Waals surface area (Å²) in [5, 5.41) is 3.18. The highest BCUT2D eigenvalue weighted by molar-refractivity contribution is 7.17. The molecular formula is C29H21N3OS. The van der Waals surface area contributed by atoms with Crippen molar-refractivity contribution < 1.29 is 4.79 Å². The summed E-state index contributed by atoms with van der Waals surface area (Å²) in [4.78, 5) is 23.8. The third kappa shape index (κ3) is 3.42. The van der Waals surface area contributed by atoms with Gasteiger partial charge >= 0.3 is 0 Å². The Morgan fingerprint density at radius 2 is 1.62 bits per heavy atom. The molecule has 0 bridgehead atoms. The molecule has 0 fully saturated rings. The molecule has 2 heterocycles. The average molecular weight is 460 g/mol. The van der Waals surface area contributed by atoms with Crippen LogP contribution in [0.15, 0.2) is 102 Å². The first-order chi connectivity index (χ1) is 16.7. The Labute approximate surface area is 200 Å². The lowest BCUT2D eigenvalue weighted by Gasteiger charge is -2.07. The van der Waals surface area contributed by atoms with Gasteiger partial charge in [0.25, 0.3) is 5.91 Å². The molecule has 0 aliphatic heterocycles. The van der Waals surface area contributed by atoms with E-state index < -0.39 is 0 Å². The van der Waals surface area contributed by atoms with Crippen molar-refractivity contribution in [2.75, 3.05) is 0 Å². The Kier molecular flexibility index (Phi) is 5.04. The van der Waals surface area contributed by atoms with Crippen molar-refractivity contribution in [3.63, 3.8) is 0 Å². The van der Waals surface area contributed by atoms with Crippen molar-refractivity contribution >= 4 is 49.1 Å². The first-order valence-corrected chi connectivity index (χ1v) is 12.1. The number of benzene rings is 4. The van der Waals surface area contributed by atoms with Crippen LogP contribution in [0.5, 0.6) is 0 Å². The molecule has 0 spiro atoms. The minimum Gasteiger partial charge on any atom is -0.317 e. The van der Waals surface area contributed by atoms with Crippen LogP contribution in [-0.4, -0.2) is 15.5 Å². The van der Waals surface area contributed by atoms with Crippen LogP contribution in [-0.2, 0) is 6.54 Å². The van der Waals surface area contributed by atoms with Gasteiger partial charge in [0, 0.05) is 22.9 Å². The second-order valence-electron chi connectivity index (χ2n) is 8.12. The number of para-hydroxylation sites is 1. The summed E-state index contributed by atoms with van der Waals surface area (Å²) in [5.74, 6) is -0.256. The number of carbonyl (C=O) groups excluding carboxylic acids is 1. The van der Waals surface area contributed by atoms with Gasteiger partial charge in [-0.15, -0.1) is 0 Å². The molecule has 34 heavy (non-hydrogen) atoms. The fourth-order valence-corrected chi connectivity index (χ4v) is 5.67. The molecule has 0 aliphatic rings. The van der Waals surface area contributed by atoms with Crippen LogP contribution >= 0.6 is 11.3 Å². The summed E-state index contributed by atoms with van der Waals surface area (Å²) in [6.45, 7) is 2.82. The molecule has 0 aliphatic carbocycles. The van der Waals surface area contributed by atoms with Crippen LogP contribution in [0, 0.1) is 0 Å². The molecule has 4 nitrogen and oxygen atoms in total. The van der Waals surface area contributed by atoms with Crippen molar-refractivity contribution in [3.8, 4) is 11.3 Å². The molecular weight excluding hydrogens is 438 g/mol. The quantitative estimate of drug-likeness (QED) is 0.291. The van der Waals surface area contributed by atoms with Crippen LogP contribution in [0.25, 0.3) is 43.1 Å². The number of fused-ring (bicyclic) bond motifs is 4. The number of hydrogen-bond donors (Lipinski definition) is 0. The van der Waals surface area contributed by atoms with Crippen molar-refractivity contribution in [3.05, 3.63) is 107 Å². The molecule has 4 aromatic carbocycles. The van der Waals surface area contributed by atoms with E-state index in [-0.39, 0.29) is 5.91 Å². The van der Waals surface area contributed by atoms with E-state index in [0.717, 1.165) is 38.9 Å². The number of carbonyl (C=O) groups is 1. The summed E-state index contributed by atoms with van der Waals surface area (Å²) in [6.07, 6.45) is 0. The number of thiazole rings is 1. The van der Waals surface area contributed by atoms with Gasteiger partial charge in [-0.05, 0) is 30.5 Å². The standard InChI is InChI=1S/C29H21N3OS/c1-2-32-26-17-16-19-10-6-7-13-21(19)27(26)34-29(32)31-28(33)23-18-25(20-11-4-3-5-12-20)30-24-15-9-8-14-22(23)24/h3-18H,2H2,1H3. The van der Waals surface area contributed by atoms with E-state index in [1.165, 1.54) is 10.8 Å². The lowest BCUT2D eigenvalue weighted by Crippen LogP contribution is -2.16. The highest BCUT2D eigenvalue weighted by atomic mass is 32.1. The Bertz CT molecular complexity index is 1760. The lowest BCUT2D eigenvalue weighted by atomic mass is 10.0. The summed E-state index contributed by atoms with van der Waals surface area (Å²) < 4.78 is 3.27. The van der Waals surface area contributed by atoms with Crippen molar-refractivity contribution in [2.24, 2.45) is 4.99 Å². The summed E-state index contributed by atoms with van der Waals surface area (Å²) in [5.41, 5.74) is 4.19. The molecule has 0 radical (unpaired) electrons. The second-order valence-corrected chi connectivity index (χ2v) is 9.10. The highest BCUT2D eigenvalue weighted by Gasteiger charge is 2.15. The van der Waals surface area contributed by atoms with E-state index >= 15 is 0 Å². The van der Waals surface area contributed by atoms with Gasteiger partial charge in [-0.3, -0.25) is 4.79 Å². The zero-order chi connectivity index (χ0) is 23.1. The van der Waals surface area contributed by atoms with E-state index in [1.807, 2.05) is 72.8 Å². The molecule has 1 amide bonds. The Hall–Kier alpha value is -4.09. The Morgan fingerprint density at radius 1 is 0.882 bits per heavy atom. The van der Waals surface area contributed by atoms with Gasteiger partial charge in [0.2, 0.25) is 0 Å². The van der Waals surface area contributed by atoms with Crippen molar-refractivity contribution in [1.82, 2.24) is 9.55 Å². The van der Waals surface area contributed by atoms with Gasteiger partial charge in [0.1, 0.15) is 0 Å². The zero-order valence-corrected chi connectivity index (χ0v) is 19.4. The molecule has 0 atom stereocenters. The molecule has 164 valence electrons. The number of aromatic nitrogens is 2. The molecule has 6 rings (SSSR count). The van der Waals surface area contributed by atoms with Crippen LogP contribution < -0.4 is 4.80 Å². The van der Waals surface area contributed by atoms with E-state index in [0.29, 0.717) is 10.4 Å². The van der Waals surface area contributed by atoms with Crippen LogP contribution in [0.3, 0.4) is 0 Å². The SMILES string of the molecule is CCn1c(=NC(=O)c2cc(-c3ccccc3)nc3ccccc23)sc2c3ccccc3ccc21. The van der Waals surface area contributed by atoms with Gasteiger partial charge < -0.3 is 4.57 Å². The highest BCUT2D eigenvalue weighted by Crippen LogP contribution is 2.28. The second kappa shape index (κ2) is 8.36. The molecule has 6 aromatic rings. The minimum atomic E-state index is -0.256. The lowest BCUT2D eigenvalue weighted by molar-refractivity contribution is 0.0999. The molecule has 0 saturated heterocycles. The maximum absolute atomic E-state index is 13.6. The van der Waals surface area contributed by atoms with Gasteiger partial charge in [-0.1, -0.05) is 90.2 Å². The number of pyridine rings is 1. The summed E-state index contributed by atoms with van der Waals surface area (Å²) in [7, 11) is 0. The van der Waals surface area contributed by atoms with Gasteiger partial charge in [0.15, 0.2) is 4.80 Å². The average Bonchev–Trinajstić information content (AvgIpc) is 3.25. The smallest absolute Gasteiger partial charge is 0.280 e. The fourth-order valence-electron chi connectivity index (χ4n) is 4.45. The van der Waals surface area contributed by atoms with E-state index in [2.05, 4.69) is 40.7 Å². The molecule has 2 aromatic heterocycles. The molecule has 0 saturated carbocycles. The Morgan fingerprint density at radius 3 is 2.44 bits per heavy atom. The predicted octanol–water partition coefficient (Wildman–Crippen LogP) is 6.83. The van der Waals surface area contributed by atoms with Crippen LogP contribution in [0.1, 0.15) is 17.3 Å². The van der Waals surface area contributed by atoms with Gasteiger partial charge in [-0.2, -0.15) is 4.99 Å². The monoisotopic (exact) mass is 459 g/mol. The van der Waals surface area contributed by atoms with Crippen LogP contribution in [0.4, 0.5) is 0 Å². The third-order valence-electron chi connectivity index (χ3n) is 6.10. The predicted molar refractivity (Wildman–Crippen MR) is 140 cm³/mol. The van der Waals surface area contributed by atoms with Gasteiger partial charge in [0.05, 0.1) is 27.0 Å². The molecule has 0 unspecified atom stereocenters. The van der Waals surface area contributed by atoms with E-state index in [4.69, 9.17) is 4.98 Å². The third-order valence-corrected chi connectivity index (χ3v) is 7.23. The zero-order valence-electron chi connectivity index (χ0n) is 18.6. The summed E-state index contributed by atoms with van der Waals surface area (Å²) in [6, 6.07) is 32.1. The first-order valence-electron chi connectivity index (χ1n) is 11.3. The number of nitrogens with zero attached hydrogens (tertiary/aromatic N) is 3. The number of amides is 1. The molecule has 0 N–H and O–H groups in total. The number of hydrogen-bond acceptors (Lipinski definition) is 3. The largest absolute Gasteiger partial charge is 0.317 e. The topological polar surface area (TPSA) is 47.2 Å². The van der Waals surface area contributed by atoms with Crippen molar-refractivity contribution in [2.45, 2.75) is 13.5 Å². The fraction of sp³-hybridized carbons (Fsp3) is 0.0690. The first kappa shape index (κ1) is 20.5. The normalized spacial score (nSPS) is 12.1. The van der Waals surface area contributed by atoms with E-state index in [1.54, 1.807) is 11.3 Å². The number of rotatable bonds is 3. The molecule has 5 heteroatoms. The van der Waals surface area contributed by atoms with Crippen LogP contribution in [0.2, 0.25) is 0 Å². The summed E-state index contributed by atoms with van der Waals surface area (Å²) >= 11 is 1.57.